The van der Waals surface area contributed by atoms with Gasteiger partial charge in [-0.2, -0.15) is 13.2 Å². The molecule has 0 saturated carbocycles. The van der Waals surface area contributed by atoms with Crippen LogP contribution in [-0.4, -0.2) is 18.8 Å². The van der Waals surface area contributed by atoms with Crippen molar-refractivity contribution in [3.05, 3.63) is 29.3 Å². The zero-order valence-electron chi connectivity index (χ0n) is 10.4. The van der Waals surface area contributed by atoms with Gasteiger partial charge in [0.05, 0.1) is 11.3 Å². The molecule has 0 unspecified atom stereocenters. The van der Waals surface area contributed by atoms with Gasteiger partial charge in [0.15, 0.2) is 0 Å². The minimum absolute atomic E-state index is 0.419. The standard InChI is InChI=1S/C14H15F3N2/c15-14(16,17)11-2-1-10-7-12(19-13(10)8-11)9-3-5-18-6-4-9/h1-2,8-9,18H,3-7H2. The molecule has 0 radical (unpaired) electrons. The van der Waals surface area contributed by atoms with Gasteiger partial charge < -0.3 is 5.32 Å². The summed E-state index contributed by atoms with van der Waals surface area (Å²) < 4.78 is 38.0. The Morgan fingerprint density at radius 3 is 2.58 bits per heavy atom. The summed E-state index contributed by atoms with van der Waals surface area (Å²) >= 11 is 0. The molecule has 0 atom stereocenters. The van der Waals surface area contributed by atoms with Crippen molar-refractivity contribution in [2.45, 2.75) is 25.4 Å². The zero-order chi connectivity index (χ0) is 13.5. The normalized spacial score (nSPS) is 20.3. The topological polar surface area (TPSA) is 24.4 Å². The van der Waals surface area contributed by atoms with Gasteiger partial charge in [0.2, 0.25) is 0 Å². The summed E-state index contributed by atoms with van der Waals surface area (Å²) in [5.41, 5.74) is 1.86. The average molecular weight is 268 g/mol. The maximum absolute atomic E-state index is 12.7. The number of nitrogens with one attached hydrogen (secondary N) is 1. The molecule has 1 aromatic rings. The molecule has 2 heterocycles. The molecular weight excluding hydrogens is 253 g/mol. The molecule has 1 fully saturated rings. The highest BCUT2D eigenvalue weighted by Crippen LogP contribution is 2.37. The fourth-order valence-electron chi connectivity index (χ4n) is 2.77. The fourth-order valence-corrected chi connectivity index (χ4v) is 2.77. The van der Waals surface area contributed by atoms with E-state index in [0.29, 0.717) is 18.0 Å². The number of hydrogen-bond acceptors (Lipinski definition) is 2. The van der Waals surface area contributed by atoms with E-state index in [2.05, 4.69) is 10.3 Å². The van der Waals surface area contributed by atoms with E-state index in [9.17, 15) is 13.2 Å². The number of hydrogen-bond donors (Lipinski definition) is 1. The third-order valence-corrected chi connectivity index (χ3v) is 3.86. The van der Waals surface area contributed by atoms with Crippen molar-refractivity contribution >= 4 is 11.4 Å². The summed E-state index contributed by atoms with van der Waals surface area (Å²) in [6, 6.07) is 3.89. The number of aliphatic imine (C=N–C) groups is 1. The molecule has 1 N–H and O–H groups in total. The minimum Gasteiger partial charge on any atom is -0.317 e. The van der Waals surface area contributed by atoms with E-state index < -0.39 is 11.7 Å². The van der Waals surface area contributed by atoms with Gasteiger partial charge in [0, 0.05) is 18.1 Å². The first-order valence-corrected chi connectivity index (χ1v) is 6.52. The Hall–Kier alpha value is -1.36. The number of benzene rings is 1. The molecule has 0 aliphatic carbocycles. The third kappa shape index (κ3) is 2.52. The molecule has 1 aromatic carbocycles. The summed E-state index contributed by atoms with van der Waals surface area (Å²) in [6.45, 7) is 1.93. The van der Waals surface area contributed by atoms with Crippen LogP contribution < -0.4 is 5.32 Å². The predicted octanol–water partition coefficient (Wildman–Crippen LogP) is 3.33. The molecule has 0 bridgehead atoms. The SMILES string of the molecule is FC(F)(F)c1ccc2c(c1)N=C(C1CCNCC1)C2. The monoisotopic (exact) mass is 268 g/mol. The largest absolute Gasteiger partial charge is 0.416 e. The molecule has 2 nitrogen and oxygen atoms in total. The Bertz CT molecular complexity index is 514. The van der Waals surface area contributed by atoms with Gasteiger partial charge in [-0.05, 0) is 43.6 Å². The molecule has 2 aliphatic rings. The third-order valence-electron chi connectivity index (χ3n) is 3.86. The highest BCUT2D eigenvalue weighted by Gasteiger charge is 2.32. The summed E-state index contributed by atoms with van der Waals surface area (Å²) in [6.07, 6.45) is -1.53. The van der Waals surface area contributed by atoms with Crippen LogP contribution in [0.2, 0.25) is 0 Å². The van der Waals surface area contributed by atoms with Gasteiger partial charge in [0.1, 0.15) is 0 Å². The first-order chi connectivity index (χ1) is 9.04. The molecule has 102 valence electrons. The molecule has 1 saturated heterocycles. The van der Waals surface area contributed by atoms with Crippen LogP contribution in [0.1, 0.15) is 24.0 Å². The molecule has 19 heavy (non-hydrogen) atoms. The number of rotatable bonds is 1. The highest BCUT2D eigenvalue weighted by molar-refractivity contribution is 5.95. The van der Waals surface area contributed by atoms with Crippen molar-refractivity contribution in [2.75, 3.05) is 13.1 Å². The zero-order valence-corrected chi connectivity index (χ0v) is 10.4. The van der Waals surface area contributed by atoms with Crippen molar-refractivity contribution in [2.24, 2.45) is 10.9 Å². The molecular formula is C14H15F3N2. The lowest BCUT2D eigenvalue weighted by atomic mass is 9.90. The molecule has 5 heteroatoms. The van der Waals surface area contributed by atoms with Gasteiger partial charge in [-0.1, -0.05) is 6.07 Å². The van der Waals surface area contributed by atoms with Crippen LogP contribution in [0.5, 0.6) is 0 Å². The van der Waals surface area contributed by atoms with E-state index in [1.807, 2.05) is 0 Å². The second-order valence-electron chi connectivity index (χ2n) is 5.15. The maximum atomic E-state index is 12.7. The highest BCUT2D eigenvalue weighted by atomic mass is 19.4. The van der Waals surface area contributed by atoms with Gasteiger partial charge in [-0.15, -0.1) is 0 Å². The van der Waals surface area contributed by atoms with Crippen LogP contribution >= 0.6 is 0 Å². The molecule has 0 spiro atoms. The number of halogens is 3. The number of nitrogens with zero attached hydrogens (tertiary/aromatic N) is 1. The van der Waals surface area contributed by atoms with E-state index >= 15 is 0 Å². The van der Waals surface area contributed by atoms with E-state index in [0.717, 1.165) is 43.3 Å². The first-order valence-electron chi connectivity index (χ1n) is 6.52. The lowest BCUT2D eigenvalue weighted by molar-refractivity contribution is -0.137. The van der Waals surface area contributed by atoms with Crippen LogP contribution in [0.15, 0.2) is 23.2 Å². The Morgan fingerprint density at radius 1 is 1.16 bits per heavy atom. The minimum atomic E-state index is -4.29. The Labute approximate surface area is 109 Å². The maximum Gasteiger partial charge on any atom is 0.416 e. The van der Waals surface area contributed by atoms with Crippen molar-refractivity contribution in [1.29, 1.82) is 0 Å². The van der Waals surface area contributed by atoms with Crippen LogP contribution in [0.3, 0.4) is 0 Å². The lowest BCUT2D eigenvalue weighted by Gasteiger charge is -2.22. The quantitative estimate of drug-likeness (QED) is 0.830. The van der Waals surface area contributed by atoms with Crippen LogP contribution in [-0.2, 0) is 12.6 Å². The van der Waals surface area contributed by atoms with E-state index in [1.54, 1.807) is 6.07 Å². The average Bonchev–Trinajstić information content (AvgIpc) is 2.81. The number of fused-ring (bicyclic) bond motifs is 1. The van der Waals surface area contributed by atoms with E-state index in [4.69, 9.17) is 0 Å². The molecule has 0 amide bonds. The Morgan fingerprint density at radius 2 is 1.89 bits per heavy atom. The van der Waals surface area contributed by atoms with Gasteiger partial charge in [-0.25, -0.2) is 0 Å². The second kappa shape index (κ2) is 4.63. The van der Waals surface area contributed by atoms with E-state index in [1.165, 1.54) is 6.07 Å². The Kier molecular flexibility index (Phi) is 3.09. The Balaban J connectivity index is 1.85. The number of alkyl halides is 3. The summed E-state index contributed by atoms with van der Waals surface area (Å²) in [5, 5.41) is 3.28. The number of piperidine rings is 1. The van der Waals surface area contributed by atoms with Gasteiger partial charge in [-0.3, -0.25) is 4.99 Å². The van der Waals surface area contributed by atoms with Crippen LogP contribution in [0.25, 0.3) is 0 Å². The van der Waals surface area contributed by atoms with Gasteiger partial charge >= 0.3 is 6.18 Å². The smallest absolute Gasteiger partial charge is 0.317 e. The second-order valence-corrected chi connectivity index (χ2v) is 5.15. The molecule has 2 aliphatic heterocycles. The fraction of sp³-hybridized carbons (Fsp3) is 0.500. The van der Waals surface area contributed by atoms with Crippen molar-refractivity contribution in [3.8, 4) is 0 Å². The van der Waals surface area contributed by atoms with Crippen molar-refractivity contribution in [1.82, 2.24) is 5.32 Å². The van der Waals surface area contributed by atoms with E-state index in [-0.39, 0.29) is 0 Å². The lowest BCUT2D eigenvalue weighted by Crippen LogP contribution is -2.31. The van der Waals surface area contributed by atoms with Gasteiger partial charge in [0.25, 0.3) is 0 Å². The van der Waals surface area contributed by atoms with Crippen LogP contribution in [0, 0.1) is 5.92 Å². The van der Waals surface area contributed by atoms with Crippen molar-refractivity contribution in [3.63, 3.8) is 0 Å². The van der Waals surface area contributed by atoms with Crippen molar-refractivity contribution < 1.29 is 13.2 Å². The summed E-state index contributed by atoms with van der Waals surface area (Å²) in [7, 11) is 0. The first kappa shape index (κ1) is 12.7. The summed E-state index contributed by atoms with van der Waals surface area (Å²) in [5.74, 6) is 0.419. The molecule has 0 aromatic heterocycles. The predicted molar refractivity (Wildman–Crippen MR) is 67.8 cm³/mol. The molecule has 3 rings (SSSR count). The summed E-state index contributed by atoms with van der Waals surface area (Å²) in [4.78, 5) is 4.44. The van der Waals surface area contributed by atoms with Crippen LogP contribution in [0.4, 0.5) is 18.9 Å².